The Morgan fingerprint density at radius 3 is 3.17 bits per heavy atom. The van der Waals surface area contributed by atoms with Gasteiger partial charge in [0.2, 0.25) is 11.8 Å². The molecule has 2 amide bonds. The van der Waals surface area contributed by atoms with Gasteiger partial charge in [-0.3, -0.25) is 19.6 Å². The Hall–Kier alpha value is -2.74. The number of carbonyl (C=O) groups is 2. The third-order valence-electron chi connectivity index (χ3n) is 3.91. The van der Waals surface area contributed by atoms with Crippen LogP contribution in [0.15, 0.2) is 29.8 Å². The predicted molar refractivity (Wildman–Crippen MR) is 92.1 cm³/mol. The molecule has 1 saturated heterocycles. The van der Waals surface area contributed by atoms with Crippen LogP contribution in [0, 0.1) is 0 Å². The molecule has 0 atom stereocenters. The quantitative estimate of drug-likeness (QED) is 0.762. The predicted octanol–water partition coefficient (Wildman–Crippen LogP) is 2.33. The van der Waals surface area contributed by atoms with Crippen molar-refractivity contribution in [2.75, 3.05) is 16.8 Å². The maximum absolute atomic E-state index is 12.2. The zero-order valence-electron chi connectivity index (χ0n) is 12.8. The summed E-state index contributed by atoms with van der Waals surface area (Å²) in [6, 6.07) is 5.57. The van der Waals surface area contributed by atoms with E-state index in [9.17, 15) is 9.59 Å². The molecule has 3 heterocycles. The van der Waals surface area contributed by atoms with Crippen LogP contribution in [-0.2, 0) is 16.0 Å². The van der Waals surface area contributed by atoms with Crippen LogP contribution in [0.2, 0.25) is 0 Å². The standard InChI is InChI=1S/C16H15N5O2S/c22-14(18-11-3-4-13-10(6-11)8-17-20-13)7-12-9-24-16(19-12)21-5-1-2-15(21)23/h3-4,6,8-9H,1-2,5,7H2,(H,17,20)(H,18,22). The molecule has 122 valence electrons. The molecule has 2 aromatic heterocycles. The van der Waals surface area contributed by atoms with Crippen LogP contribution < -0.4 is 10.2 Å². The van der Waals surface area contributed by atoms with Crippen molar-refractivity contribution in [3.8, 4) is 0 Å². The molecule has 8 heteroatoms. The minimum Gasteiger partial charge on any atom is -0.326 e. The van der Waals surface area contributed by atoms with Gasteiger partial charge in [-0.05, 0) is 24.6 Å². The highest BCUT2D eigenvalue weighted by Gasteiger charge is 2.24. The van der Waals surface area contributed by atoms with Crippen LogP contribution in [-0.4, -0.2) is 33.5 Å². The van der Waals surface area contributed by atoms with Gasteiger partial charge in [0.1, 0.15) is 0 Å². The van der Waals surface area contributed by atoms with E-state index in [-0.39, 0.29) is 18.2 Å². The fraction of sp³-hybridized carbons (Fsp3) is 0.250. The number of thiazole rings is 1. The molecule has 7 nitrogen and oxygen atoms in total. The van der Waals surface area contributed by atoms with Crippen molar-refractivity contribution in [2.45, 2.75) is 19.3 Å². The third kappa shape index (κ3) is 2.88. The average molecular weight is 341 g/mol. The van der Waals surface area contributed by atoms with Crippen molar-refractivity contribution >= 4 is 44.9 Å². The first-order valence-corrected chi connectivity index (χ1v) is 8.55. The lowest BCUT2D eigenvalue weighted by atomic mass is 10.2. The maximum Gasteiger partial charge on any atom is 0.230 e. The average Bonchev–Trinajstić information content (AvgIpc) is 3.27. The summed E-state index contributed by atoms with van der Waals surface area (Å²) < 4.78 is 0. The van der Waals surface area contributed by atoms with Crippen molar-refractivity contribution in [3.05, 3.63) is 35.5 Å². The fourth-order valence-corrected chi connectivity index (χ4v) is 3.61. The van der Waals surface area contributed by atoms with E-state index >= 15 is 0 Å². The van der Waals surface area contributed by atoms with E-state index in [1.54, 1.807) is 11.1 Å². The number of carbonyl (C=O) groups excluding carboxylic acids is 2. The summed E-state index contributed by atoms with van der Waals surface area (Å²) in [5, 5.41) is 13.1. The van der Waals surface area contributed by atoms with E-state index in [1.165, 1.54) is 11.3 Å². The van der Waals surface area contributed by atoms with E-state index in [2.05, 4.69) is 20.5 Å². The van der Waals surface area contributed by atoms with Gasteiger partial charge in [-0.1, -0.05) is 0 Å². The largest absolute Gasteiger partial charge is 0.326 e. The zero-order chi connectivity index (χ0) is 16.5. The molecule has 4 rings (SSSR count). The Morgan fingerprint density at radius 1 is 1.42 bits per heavy atom. The molecule has 24 heavy (non-hydrogen) atoms. The van der Waals surface area contributed by atoms with Gasteiger partial charge in [-0.15, -0.1) is 11.3 Å². The number of rotatable bonds is 4. The van der Waals surface area contributed by atoms with Crippen molar-refractivity contribution in [1.82, 2.24) is 15.2 Å². The Morgan fingerprint density at radius 2 is 2.33 bits per heavy atom. The highest BCUT2D eigenvalue weighted by molar-refractivity contribution is 7.14. The van der Waals surface area contributed by atoms with Gasteiger partial charge < -0.3 is 5.32 Å². The summed E-state index contributed by atoms with van der Waals surface area (Å²) in [7, 11) is 0. The van der Waals surface area contributed by atoms with E-state index in [4.69, 9.17) is 0 Å². The Labute approximate surface area is 141 Å². The lowest BCUT2D eigenvalue weighted by Gasteiger charge is -2.10. The number of aromatic amines is 1. The van der Waals surface area contributed by atoms with Gasteiger partial charge in [0.05, 0.1) is 23.8 Å². The molecular weight excluding hydrogens is 326 g/mol. The van der Waals surface area contributed by atoms with Gasteiger partial charge in [-0.2, -0.15) is 5.10 Å². The number of hydrogen-bond acceptors (Lipinski definition) is 5. The molecule has 1 aromatic carbocycles. The fourth-order valence-electron chi connectivity index (χ4n) is 2.74. The maximum atomic E-state index is 12.2. The molecule has 1 fully saturated rings. The number of benzene rings is 1. The number of hydrogen-bond donors (Lipinski definition) is 2. The number of fused-ring (bicyclic) bond motifs is 1. The van der Waals surface area contributed by atoms with E-state index in [1.807, 2.05) is 23.6 Å². The van der Waals surface area contributed by atoms with Gasteiger partial charge in [-0.25, -0.2) is 4.98 Å². The molecular formula is C16H15N5O2S. The van der Waals surface area contributed by atoms with Crippen molar-refractivity contribution < 1.29 is 9.59 Å². The first kappa shape index (κ1) is 14.8. The van der Waals surface area contributed by atoms with Crippen LogP contribution >= 0.6 is 11.3 Å². The van der Waals surface area contributed by atoms with Crippen LogP contribution in [0.25, 0.3) is 10.9 Å². The summed E-state index contributed by atoms with van der Waals surface area (Å²) in [5.74, 6) is -0.0313. The first-order valence-electron chi connectivity index (χ1n) is 7.67. The van der Waals surface area contributed by atoms with Crippen molar-refractivity contribution in [3.63, 3.8) is 0 Å². The molecule has 2 N–H and O–H groups in total. The van der Waals surface area contributed by atoms with E-state index in [0.717, 1.165) is 23.0 Å². The van der Waals surface area contributed by atoms with Crippen molar-refractivity contribution in [2.24, 2.45) is 0 Å². The summed E-state index contributed by atoms with van der Waals surface area (Å²) >= 11 is 1.40. The van der Waals surface area contributed by atoms with Crippen LogP contribution in [0.3, 0.4) is 0 Å². The molecule has 0 bridgehead atoms. The monoisotopic (exact) mass is 341 g/mol. The minimum atomic E-state index is -0.137. The molecule has 3 aromatic rings. The van der Waals surface area contributed by atoms with Gasteiger partial charge in [0, 0.05) is 29.4 Å². The third-order valence-corrected chi connectivity index (χ3v) is 4.82. The van der Waals surface area contributed by atoms with Crippen LogP contribution in [0.5, 0.6) is 0 Å². The molecule has 0 saturated carbocycles. The highest BCUT2D eigenvalue weighted by atomic mass is 32.1. The van der Waals surface area contributed by atoms with Crippen LogP contribution in [0.4, 0.5) is 10.8 Å². The number of amides is 2. The second-order valence-electron chi connectivity index (χ2n) is 5.67. The lowest BCUT2D eigenvalue weighted by Crippen LogP contribution is -2.23. The second-order valence-corrected chi connectivity index (χ2v) is 6.50. The number of H-pyrrole nitrogens is 1. The van der Waals surface area contributed by atoms with Gasteiger partial charge >= 0.3 is 0 Å². The van der Waals surface area contributed by atoms with Gasteiger partial charge in [0.25, 0.3) is 0 Å². The topological polar surface area (TPSA) is 91.0 Å². The normalized spacial score (nSPS) is 14.5. The second kappa shape index (κ2) is 6.04. The van der Waals surface area contributed by atoms with Crippen LogP contribution in [0.1, 0.15) is 18.5 Å². The first-order chi connectivity index (χ1) is 11.7. The lowest BCUT2D eigenvalue weighted by molar-refractivity contribution is -0.117. The SMILES string of the molecule is O=C(Cc1csc(N2CCCC2=O)n1)Nc1ccc2[nH]ncc2c1. The minimum absolute atomic E-state index is 0.105. The number of anilines is 2. The molecule has 0 unspecified atom stereocenters. The number of aromatic nitrogens is 3. The summed E-state index contributed by atoms with van der Waals surface area (Å²) in [6.45, 7) is 0.711. The molecule has 0 radical (unpaired) electrons. The van der Waals surface area contributed by atoms with E-state index < -0.39 is 0 Å². The molecule has 0 aliphatic carbocycles. The zero-order valence-corrected chi connectivity index (χ0v) is 13.6. The summed E-state index contributed by atoms with van der Waals surface area (Å²) in [4.78, 5) is 30.0. The summed E-state index contributed by atoms with van der Waals surface area (Å²) in [5.41, 5.74) is 2.32. The Bertz CT molecular complexity index is 916. The van der Waals surface area contributed by atoms with E-state index in [0.29, 0.717) is 23.8 Å². The highest BCUT2D eigenvalue weighted by Crippen LogP contribution is 2.25. The number of nitrogens with zero attached hydrogens (tertiary/aromatic N) is 3. The van der Waals surface area contributed by atoms with Gasteiger partial charge in [0.15, 0.2) is 5.13 Å². The molecule has 0 spiro atoms. The Kier molecular flexibility index (Phi) is 3.73. The smallest absolute Gasteiger partial charge is 0.230 e. The Balaban J connectivity index is 1.42. The number of nitrogens with one attached hydrogen (secondary N) is 2. The molecule has 1 aliphatic heterocycles. The van der Waals surface area contributed by atoms with Crippen molar-refractivity contribution in [1.29, 1.82) is 0 Å². The summed E-state index contributed by atoms with van der Waals surface area (Å²) in [6.07, 6.45) is 3.34. The molecule has 1 aliphatic rings.